The van der Waals surface area contributed by atoms with E-state index in [2.05, 4.69) is 78.5 Å². The van der Waals surface area contributed by atoms with Gasteiger partial charge in [0.05, 0.1) is 21.6 Å². The highest BCUT2D eigenvalue weighted by Crippen LogP contribution is 2.44. The van der Waals surface area contributed by atoms with Gasteiger partial charge in [0.25, 0.3) is 0 Å². The molecule has 7 heteroatoms. The molecule has 0 aliphatic carbocycles. The molecule has 0 radical (unpaired) electrons. The Bertz CT molecular complexity index is 940. The largest absolute Gasteiger partial charge is 0.378 e. The van der Waals surface area contributed by atoms with Crippen LogP contribution in [-0.4, -0.2) is 24.2 Å². The highest BCUT2D eigenvalue weighted by atomic mass is 79.9. The van der Waals surface area contributed by atoms with Crippen LogP contribution < -0.4 is 15.1 Å². The number of halogens is 1. The lowest BCUT2D eigenvalue weighted by molar-refractivity contribution is 0.575. The molecule has 0 unspecified atom stereocenters. The van der Waals surface area contributed by atoms with E-state index in [-0.39, 0.29) is 12.1 Å². The summed E-state index contributed by atoms with van der Waals surface area (Å²) in [4.78, 5) is 10.1. The molecule has 0 saturated carbocycles. The minimum Gasteiger partial charge on any atom is -0.378 e. The molecule has 138 valence electrons. The van der Waals surface area contributed by atoms with Gasteiger partial charge in [-0.3, -0.25) is 4.98 Å². The van der Waals surface area contributed by atoms with Gasteiger partial charge in [-0.2, -0.15) is 0 Å². The minimum atomic E-state index is -0.00206. The van der Waals surface area contributed by atoms with Crippen LogP contribution in [0.2, 0.25) is 0 Å². The SMILES string of the molecule is CN(C)c1ccc(N2C(=S)N[C@H](c3ccccn3)[C@@H]2c2ccc(Br)s2)cc1. The molecule has 3 aromatic rings. The summed E-state index contributed by atoms with van der Waals surface area (Å²) in [5.74, 6) is 0. The summed E-state index contributed by atoms with van der Waals surface area (Å²) in [5.41, 5.74) is 3.22. The van der Waals surface area contributed by atoms with Crippen LogP contribution in [0.4, 0.5) is 11.4 Å². The maximum Gasteiger partial charge on any atom is 0.174 e. The van der Waals surface area contributed by atoms with Gasteiger partial charge in [-0.05, 0) is 76.7 Å². The van der Waals surface area contributed by atoms with Crippen molar-refractivity contribution in [1.82, 2.24) is 10.3 Å². The normalized spacial score (nSPS) is 19.2. The topological polar surface area (TPSA) is 31.4 Å². The van der Waals surface area contributed by atoms with Gasteiger partial charge in [0, 0.05) is 36.5 Å². The Hall–Kier alpha value is -1.96. The van der Waals surface area contributed by atoms with E-state index in [0.29, 0.717) is 0 Å². The predicted octanol–water partition coefficient (Wildman–Crippen LogP) is 5.15. The molecule has 4 nitrogen and oxygen atoms in total. The summed E-state index contributed by atoms with van der Waals surface area (Å²) in [6.45, 7) is 0. The molecule has 1 aliphatic heterocycles. The van der Waals surface area contributed by atoms with Crippen LogP contribution in [0.1, 0.15) is 22.7 Å². The van der Waals surface area contributed by atoms with Crippen LogP contribution in [0, 0.1) is 0 Å². The van der Waals surface area contributed by atoms with E-state index in [0.717, 1.165) is 26.0 Å². The average molecular weight is 459 g/mol. The van der Waals surface area contributed by atoms with Crippen molar-refractivity contribution < 1.29 is 0 Å². The third-order valence-electron chi connectivity index (χ3n) is 4.63. The molecule has 2 atom stereocenters. The highest BCUT2D eigenvalue weighted by Gasteiger charge is 2.41. The minimum absolute atomic E-state index is 0.00206. The van der Waals surface area contributed by atoms with Crippen LogP contribution >= 0.6 is 39.5 Å². The quantitative estimate of drug-likeness (QED) is 0.546. The molecular weight excluding hydrogens is 440 g/mol. The molecular formula is C20H19BrN4S2. The van der Waals surface area contributed by atoms with Crippen LogP contribution in [0.15, 0.2) is 64.6 Å². The monoisotopic (exact) mass is 458 g/mol. The number of pyridine rings is 1. The predicted molar refractivity (Wildman–Crippen MR) is 121 cm³/mol. The molecule has 1 aromatic carbocycles. The van der Waals surface area contributed by atoms with Gasteiger partial charge in [-0.25, -0.2) is 0 Å². The molecule has 1 N–H and O–H groups in total. The van der Waals surface area contributed by atoms with E-state index in [9.17, 15) is 0 Å². The lowest BCUT2D eigenvalue weighted by Crippen LogP contribution is -2.29. The first-order valence-electron chi connectivity index (χ1n) is 8.58. The first-order valence-corrected chi connectivity index (χ1v) is 10.6. The summed E-state index contributed by atoms with van der Waals surface area (Å²) < 4.78 is 1.11. The van der Waals surface area contributed by atoms with Crippen LogP contribution in [0.3, 0.4) is 0 Å². The zero-order chi connectivity index (χ0) is 19.0. The van der Waals surface area contributed by atoms with Gasteiger partial charge in [-0.15, -0.1) is 11.3 Å². The highest BCUT2D eigenvalue weighted by molar-refractivity contribution is 9.11. The van der Waals surface area contributed by atoms with Crippen molar-refractivity contribution in [3.63, 3.8) is 0 Å². The molecule has 3 heterocycles. The molecule has 0 amide bonds. The standard InChI is InChI=1S/C20H19BrN4S2/c1-24(2)13-6-8-14(9-7-13)25-19(16-10-11-17(21)27-16)18(23-20(25)26)15-5-3-4-12-22-15/h3-12,18-19H,1-2H3,(H,23,26)/t18-,19+/m1/s1. The third-order valence-corrected chi connectivity index (χ3v) is 6.64. The summed E-state index contributed by atoms with van der Waals surface area (Å²) in [6, 6.07) is 18.8. The molecule has 0 spiro atoms. The Morgan fingerprint density at radius 3 is 2.48 bits per heavy atom. The van der Waals surface area contributed by atoms with E-state index < -0.39 is 0 Å². The zero-order valence-corrected chi connectivity index (χ0v) is 18.2. The van der Waals surface area contributed by atoms with Crippen molar-refractivity contribution in [2.24, 2.45) is 0 Å². The number of nitrogens with zero attached hydrogens (tertiary/aromatic N) is 3. The maximum atomic E-state index is 5.74. The number of thiocarbonyl (C=S) groups is 1. The maximum absolute atomic E-state index is 5.74. The Morgan fingerprint density at radius 2 is 1.89 bits per heavy atom. The number of nitrogens with one attached hydrogen (secondary N) is 1. The van der Waals surface area contributed by atoms with Crippen molar-refractivity contribution in [1.29, 1.82) is 0 Å². The Labute approximate surface area is 177 Å². The van der Waals surface area contributed by atoms with E-state index in [4.69, 9.17) is 12.2 Å². The van der Waals surface area contributed by atoms with Crippen molar-refractivity contribution in [2.45, 2.75) is 12.1 Å². The van der Waals surface area contributed by atoms with Gasteiger partial charge in [-0.1, -0.05) is 6.07 Å². The van der Waals surface area contributed by atoms with Gasteiger partial charge in [0.2, 0.25) is 0 Å². The van der Waals surface area contributed by atoms with E-state index >= 15 is 0 Å². The fourth-order valence-electron chi connectivity index (χ4n) is 3.32. The zero-order valence-electron chi connectivity index (χ0n) is 15.0. The lowest BCUT2D eigenvalue weighted by Gasteiger charge is -2.27. The number of aromatic nitrogens is 1. The van der Waals surface area contributed by atoms with Crippen molar-refractivity contribution >= 4 is 56.0 Å². The van der Waals surface area contributed by atoms with Crippen molar-refractivity contribution in [3.8, 4) is 0 Å². The molecule has 27 heavy (non-hydrogen) atoms. The Morgan fingerprint density at radius 1 is 1.11 bits per heavy atom. The second-order valence-corrected chi connectivity index (χ2v) is 9.43. The molecule has 1 fully saturated rings. The first kappa shape index (κ1) is 18.4. The third kappa shape index (κ3) is 3.59. The fraction of sp³-hybridized carbons (Fsp3) is 0.200. The number of hydrogen-bond donors (Lipinski definition) is 1. The average Bonchev–Trinajstić information content (AvgIpc) is 3.25. The number of rotatable bonds is 4. The number of anilines is 2. The van der Waals surface area contributed by atoms with Gasteiger partial charge in [0.1, 0.15) is 0 Å². The van der Waals surface area contributed by atoms with E-state index in [1.54, 1.807) is 11.3 Å². The smallest absolute Gasteiger partial charge is 0.174 e. The Kier molecular flexibility index (Phi) is 5.16. The van der Waals surface area contributed by atoms with E-state index in [1.165, 1.54) is 4.88 Å². The van der Waals surface area contributed by atoms with Crippen molar-refractivity contribution in [3.05, 3.63) is 75.2 Å². The Balaban J connectivity index is 1.78. The molecule has 1 saturated heterocycles. The second kappa shape index (κ2) is 7.58. The lowest BCUT2D eigenvalue weighted by atomic mass is 10.0. The summed E-state index contributed by atoms with van der Waals surface area (Å²) >= 11 is 11.1. The molecule has 1 aliphatic rings. The van der Waals surface area contributed by atoms with Crippen LogP contribution in [0.25, 0.3) is 0 Å². The summed E-state index contributed by atoms with van der Waals surface area (Å²) in [5, 5.41) is 4.21. The van der Waals surface area contributed by atoms with Crippen LogP contribution in [0.5, 0.6) is 0 Å². The molecule has 0 bridgehead atoms. The molecule has 4 rings (SSSR count). The summed E-state index contributed by atoms with van der Waals surface area (Å²) in [7, 11) is 4.08. The van der Waals surface area contributed by atoms with E-state index in [1.807, 2.05) is 32.4 Å². The number of benzene rings is 1. The fourth-order valence-corrected chi connectivity index (χ4v) is 5.22. The number of thiophene rings is 1. The van der Waals surface area contributed by atoms with Gasteiger partial charge in [0.15, 0.2) is 5.11 Å². The van der Waals surface area contributed by atoms with Gasteiger partial charge < -0.3 is 15.1 Å². The van der Waals surface area contributed by atoms with Crippen LogP contribution in [-0.2, 0) is 0 Å². The number of hydrogen-bond acceptors (Lipinski definition) is 4. The molecule has 2 aromatic heterocycles. The second-order valence-electron chi connectivity index (χ2n) is 6.55. The van der Waals surface area contributed by atoms with Crippen molar-refractivity contribution in [2.75, 3.05) is 23.9 Å². The first-order chi connectivity index (χ1) is 13.0. The summed E-state index contributed by atoms with van der Waals surface area (Å²) in [6.07, 6.45) is 1.83. The van der Waals surface area contributed by atoms with Gasteiger partial charge >= 0.3 is 0 Å².